The summed E-state index contributed by atoms with van der Waals surface area (Å²) in [6, 6.07) is 0. The van der Waals surface area contributed by atoms with E-state index >= 15 is 0 Å². The SMILES string of the molecule is C#CCOP(=O)(OCC#C)C(=O)NS(=O)(=O)F. The third-order valence-corrected chi connectivity index (χ3v) is 3.22. The molecule has 0 aromatic carbocycles. The molecule has 0 spiro atoms. The summed E-state index contributed by atoms with van der Waals surface area (Å²) >= 11 is 0. The zero-order chi connectivity index (χ0) is 13.5. The monoisotopic (exact) mass is 283 g/mol. The van der Waals surface area contributed by atoms with E-state index in [1.165, 1.54) is 0 Å². The van der Waals surface area contributed by atoms with Crippen LogP contribution in [0.5, 0.6) is 0 Å². The maximum Gasteiger partial charge on any atom is 0.421 e. The fourth-order valence-electron chi connectivity index (χ4n) is 0.559. The molecule has 0 rings (SSSR count). The topological polar surface area (TPSA) is 98.8 Å². The Morgan fingerprint density at radius 2 is 1.71 bits per heavy atom. The van der Waals surface area contributed by atoms with Crippen molar-refractivity contribution >= 4 is 23.7 Å². The highest BCUT2D eigenvalue weighted by Crippen LogP contribution is 2.48. The summed E-state index contributed by atoms with van der Waals surface area (Å²) in [5, 5.41) is 0. The molecule has 0 fully saturated rings. The highest BCUT2D eigenvalue weighted by Gasteiger charge is 2.37. The molecule has 0 unspecified atom stereocenters. The van der Waals surface area contributed by atoms with Gasteiger partial charge in [-0.05, 0) is 0 Å². The van der Waals surface area contributed by atoms with Crippen LogP contribution in [0.4, 0.5) is 8.68 Å². The summed E-state index contributed by atoms with van der Waals surface area (Å²) in [6.07, 6.45) is 9.55. The Bertz CT molecular complexity index is 493. The van der Waals surface area contributed by atoms with Crippen LogP contribution in [0, 0.1) is 24.7 Å². The van der Waals surface area contributed by atoms with Crippen molar-refractivity contribution in [1.82, 2.24) is 4.72 Å². The average Bonchev–Trinajstić information content (AvgIpc) is 2.21. The number of hydrogen-bond acceptors (Lipinski definition) is 6. The van der Waals surface area contributed by atoms with E-state index in [1.54, 1.807) is 0 Å². The van der Waals surface area contributed by atoms with Gasteiger partial charge in [0.15, 0.2) is 0 Å². The quantitative estimate of drug-likeness (QED) is 0.430. The van der Waals surface area contributed by atoms with Crippen LogP contribution in [0.15, 0.2) is 0 Å². The third-order valence-electron chi connectivity index (χ3n) is 1.09. The fourth-order valence-corrected chi connectivity index (χ4v) is 2.34. The third kappa shape index (κ3) is 6.05. The number of carbonyl (C=O) groups excluding carboxylic acids is 1. The van der Waals surface area contributed by atoms with Gasteiger partial charge in [-0.3, -0.25) is 13.8 Å². The zero-order valence-electron chi connectivity index (χ0n) is 8.25. The molecule has 0 bridgehead atoms. The van der Waals surface area contributed by atoms with Crippen molar-refractivity contribution < 1.29 is 30.7 Å². The van der Waals surface area contributed by atoms with Gasteiger partial charge in [0.2, 0.25) is 0 Å². The highest BCUT2D eigenvalue weighted by molar-refractivity contribution is 7.87. The lowest BCUT2D eigenvalue weighted by Crippen LogP contribution is -2.27. The van der Waals surface area contributed by atoms with E-state index in [-0.39, 0.29) is 0 Å². The van der Waals surface area contributed by atoms with Gasteiger partial charge in [0.25, 0.3) is 0 Å². The van der Waals surface area contributed by atoms with Crippen LogP contribution < -0.4 is 4.72 Å². The summed E-state index contributed by atoms with van der Waals surface area (Å²) in [5.41, 5.74) is -1.81. The number of halogens is 1. The summed E-state index contributed by atoms with van der Waals surface area (Å²) in [6.45, 7) is -1.22. The second kappa shape index (κ2) is 6.38. The van der Waals surface area contributed by atoms with Gasteiger partial charge in [-0.1, -0.05) is 15.7 Å². The Morgan fingerprint density at radius 1 is 1.29 bits per heavy atom. The van der Waals surface area contributed by atoms with Crippen molar-refractivity contribution in [2.45, 2.75) is 0 Å². The van der Waals surface area contributed by atoms with Crippen molar-refractivity contribution in [2.24, 2.45) is 0 Å². The summed E-state index contributed by atoms with van der Waals surface area (Å²) in [5.74, 6) is 3.74. The Kier molecular flexibility index (Phi) is 5.86. The van der Waals surface area contributed by atoms with E-state index in [0.717, 1.165) is 4.72 Å². The Morgan fingerprint density at radius 3 is 2.00 bits per heavy atom. The predicted molar refractivity (Wildman–Crippen MR) is 55.7 cm³/mol. The van der Waals surface area contributed by atoms with Gasteiger partial charge in [-0.25, -0.2) is 9.29 Å². The van der Waals surface area contributed by atoms with E-state index in [9.17, 15) is 21.7 Å². The lowest BCUT2D eigenvalue weighted by Gasteiger charge is -2.13. The maximum absolute atomic E-state index is 12.1. The van der Waals surface area contributed by atoms with Crippen LogP contribution in [0.1, 0.15) is 0 Å². The Labute approximate surface area is 97.6 Å². The van der Waals surface area contributed by atoms with Crippen molar-refractivity contribution in [3.8, 4) is 24.7 Å². The minimum atomic E-state index is -5.39. The molecule has 0 radical (unpaired) electrons. The zero-order valence-corrected chi connectivity index (χ0v) is 9.96. The van der Waals surface area contributed by atoms with Gasteiger partial charge >= 0.3 is 23.7 Å². The van der Waals surface area contributed by atoms with Gasteiger partial charge in [-0.2, -0.15) is 8.42 Å². The lowest BCUT2D eigenvalue weighted by molar-refractivity contribution is 0.223. The molecule has 0 saturated carbocycles. The molecule has 10 heteroatoms. The summed E-state index contributed by atoms with van der Waals surface area (Å²) in [7, 11) is -9.99. The molecule has 0 aliphatic carbocycles. The number of hydrogen-bond donors (Lipinski definition) is 1. The average molecular weight is 283 g/mol. The van der Waals surface area contributed by atoms with Crippen LogP contribution >= 0.6 is 7.60 Å². The largest absolute Gasteiger partial charge is 0.421 e. The van der Waals surface area contributed by atoms with Crippen LogP contribution in [0.2, 0.25) is 0 Å². The molecule has 0 aromatic heterocycles. The molecule has 1 amide bonds. The molecule has 0 aliphatic rings. The first kappa shape index (κ1) is 15.6. The molecule has 94 valence electrons. The standard InChI is InChI=1S/C7H7FNO6PS/c1-3-5-14-16(11,15-6-4-2)7(10)9-17(8,12)13/h1-2H,5-6H2,(H,9,10). The van der Waals surface area contributed by atoms with E-state index in [2.05, 4.69) is 9.05 Å². The van der Waals surface area contributed by atoms with Crippen molar-refractivity contribution in [2.75, 3.05) is 13.2 Å². The molecule has 17 heavy (non-hydrogen) atoms. The van der Waals surface area contributed by atoms with Crippen LogP contribution in [0.3, 0.4) is 0 Å². The van der Waals surface area contributed by atoms with Crippen LogP contribution in [0.25, 0.3) is 0 Å². The first-order chi connectivity index (χ1) is 7.75. The lowest BCUT2D eigenvalue weighted by atomic mass is 10.8. The Balaban J connectivity index is 4.93. The second-order valence-electron chi connectivity index (χ2n) is 2.30. The molecule has 1 N–H and O–H groups in total. The highest BCUT2D eigenvalue weighted by atomic mass is 32.3. The predicted octanol–water partition coefficient (Wildman–Crippen LogP) is 0.403. The molecule has 0 aromatic rings. The van der Waals surface area contributed by atoms with Gasteiger partial charge in [0, 0.05) is 0 Å². The molecule has 0 atom stereocenters. The summed E-state index contributed by atoms with van der Waals surface area (Å²) < 4.78 is 53.5. The van der Waals surface area contributed by atoms with Crippen LogP contribution in [-0.4, -0.2) is 27.3 Å². The number of rotatable bonds is 6. The minimum Gasteiger partial charge on any atom is -0.289 e. The first-order valence-electron chi connectivity index (χ1n) is 3.78. The van der Waals surface area contributed by atoms with Crippen molar-refractivity contribution in [3.05, 3.63) is 0 Å². The van der Waals surface area contributed by atoms with Crippen molar-refractivity contribution in [1.29, 1.82) is 0 Å². The van der Waals surface area contributed by atoms with E-state index in [1.807, 2.05) is 11.8 Å². The molecule has 0 aliphatic heterocycles. The number of amides is 1. The van der Waals surface area contributed by atoms with Crippen molar-refractivity contribution in [3.63, 3.8) is 0 Å². The normalized spacial score (nSPS) is 11.2. The van der Waals surface area contributed by atoms with E-state index in [4.69, 9.17) is 12.8 Å². The number of terminal acetylenes is 2. The van der Waals surface area contributed by atoms with Crippen LogP contribution in [-0.2, 0) is 24.0 Å². The molecule has 0 saturated heterocycles. The molecular weight excluding hydrogens is 276 g/mol. The maximum atomic E-state index is 12.1. The van der Waals surface area contributed by atoms with E-state index in [0.29, 0.717) is 0 Å². The van der Waals surface area contributed by atoms with Gasteiger partial charge < -0.3 is 0 Å². The Hall–Kier alpha value is -1.38. The number of nitrogens with one attached hydrogen (secondary N) is 1. The minimum absolute atomic E-state index is 0.610. The second-order valence-corrected chi connectivity index (χ2v) is 5.29. The van der Waals surface area contributed by atoms with Gasteiger partial charge in [-0.15, -0.1) is 12.8 Å². The fraction of sp³-hybridized carbons (Fsp3) is 0.286. The van der Waals surface area contributed by atoms with Gasteiger partial charge in [0.1, 0.15) is 13.2 Å². The first-order valence-corrected chi connectivity index (χ1v) is 6.71. The molecule has 0 heterocycles. The molecule has 7 nitrogen and oxygen atoms in total. The van der Waals surface area contributed by atoms with Gasteiger partial charge in [0.05, 0.1) is 0 Å². The number of carbonyl (C=O) groups is 1. The van der Waals surface area contributed by atoms with E-state index < -0.39 is 36.9 Å². The molecular formula is C7H7FNO6PS. The summed E-state index contributed by atoms with van der Waals surface area (Å²) in [4.78, 5) is 11.1. The smallest absolute Gasteiger partial charge is 0.289 e.